The van der Waals surface area contributed by atoms with Crippen LogP contribution in [0.1, 0.15) is 61.0 Å². The Morgan fingerprint density at radius 3 is 2.45 bits per heavy atom. The highest BCUT2D eigenvalue weighted by Crippen LogP contribution is 2.38. The van der Waals surface area contributed by atoms with Gasteiger partial charge in [0.25, 0.3) is 5.91 Å². The third-order valence-electron chi connectivity index (χ3n) is 8.00. The Bertz CT molecular complexity index is 1240. The van der Waals surface area contributed by atoms with E-state index in [1.165, 1.54) is 29.8 Å². The first kappa shape index (κ1) is 28.4. The third kappa shape index (κ3) is 6.95. The summed E-state index contributed by atoms with van der Waals surface area (Å²) in [5.74, 6) is -0.204. The number of nitrogens with zero attached hydrogens (tertiary/aromatic N) is 3. The van der Waals surface area contributed by atoms with E-state index in [0.29, 0.717) is 17.8 Å². The lowest BCUT2D eigenvalue weighted by Crippen LogP contribution is -2.45. The lowest BCUT2D eigenvalue weighted by atomic mass is 9.84. The van der Waals surface area contributed by atoms with E-state index in [0.717, 1.165) is 69.8 Å². The van der Waals surface area contributed by atoms with Crippen LogP contribution in [0.4, 0.5) is 10.1 Å². The average molecular weight is 551 g/mol. The predicted molar refractivity (Wildman–Crippen MR) is 152 cm³/mol. The van der Waals surface area contributed by atoms with Gasteiger partial charge in [-0.1, -0.05) is 12.1 Å². The van der Waals surface area contributed by atoms with Crippen molar-refractivity contribution in [3.05, 3.63) is 65.0 Å². The number of fused-ring (bicyclic) bond motifs is 1. The molecule has 2 amide bonds. The zero-order chi connectivity index (χ0) is 28.3. The fraction of sp³-hybridized carbons (Fsp3) is 0.516. The Kier molecular flexibility index (Phi) is 8.63. The van der Waals surface area contributed by atoms with Crippen molar-refractivity contribution in [3.63, 3.8) is 0 Å². The number of hydrogen-bond acceptors (Lipinski definition) is 5. The topological polar surface area (TPSA) is 94.5 Å². The highest BCUT2D eigenvalue weighted by atomic mass is 19.1. The number of aliphatic imine (C=N–C) groups is 1. The van der Waals surface area contributed by atoms with E-state index in [9.17, 15) is 19.1 Å². The van der Waals surface area contributed by atoms with E-state index in [-0.39, 0.29) is 30.3 Å². The number of amidine groups is 1. The zero-order valence-corrected chi connectivity index (χ0v) is 23.4. The number of halogens is 1. The first-order valence-electron chi connectivity index (χ1n) is 14.2. The Morgan fingerprint density at radius 1 is 1.07 bits per heavy atom. The molecule has 9 heteroatoms. The predicted octanol–water partition coefficient (Wildman–Crippen LogP) is 3.71. The number of rotatable bonds is 7. The van der Waals surface area contributed by atoms with Crippen LogP contribution < -0.4 is 10.2 Å². The smallest absolute Gasteiger partial charge is 0.278 e. The molecular weight excluding hydrogens is 511 g/mol. The molecule has 0 unspecified atom stereocenters. The number of carbonyl (C=O) groups is 2. The van der Waals surface area contributed by atoms with Crippen LogP contribution >= 0.6 is 0 Å². The SMILES string of the molecule is CC(C)(O)CNC(=O)C1CCC(N2C(=NC(=O)c3ccc(F)cc3)Cc3ccc(CN4CCOCC4)cc32)CC1. The van der Waals surface area contributed by atoms with Crippen molar-refractivity contribution < 1.29 is 23.8 Å². The van der Waals surface area contributed by atoms with Gasteiger partial charge in [0.1, 0.15) is 11.7 Å². The second-order valence-electron chi connectivity index (χ2n) is 11.8. The lowest BCUT2D eigenvalue weighted by molar-refractivity contribution is -0.127. The number of carbonyl (C=O) groups excluding carboxylic acids is 2. The molecule has 2 aromatic rings. The second kappa shape index (κ2) is 12.2. The summed E-state index contributed by atoms with van der Waals surface area (Å²) in [5.41, 5.74) is 2.81. The van der Waals surface area contributed by atoms with E-state index in [4.69, 9.17) is 4.74 Å². The van der Waals surface area contributed by atoms with Gasteiger partial charge in [-0.3, -0.25) is 14.5 Å². The van der Waals surface area contributed by atoms with Crippen LogP contribution in [0.5, 0.6) is 0 Å². The Morgan fingerprint density at radius 2 is 1.77 bits per heavy atom. The molecule has 1 aliphatic carbocycles. The molecule has 5 rings (SSSR count). The standard InChI is InChI=1S/C31H39FN4O4/c1-31(2,39)20-33-29(37)22-7-11-26(12-8-22)36-27-17-21(19-35-13-15-40-16-14-35)3-4-24(27)18-28(36)34-30(38)23-5-9-25(32)10-6-23/h3-6,9-10,17,22,26,39H,7-8,11-16,18-20H2,1-2H3,(H,33,37). The number of morpholine rings is 1. The normalized spacial score (nSPS) is 22.8. The molecule has 0 spiro atoms. The summed E-state index contributed by atoms with van der Waals surface area (Å²) in [7, 11) is 0. The lowest BCUT2D eigenvalue weighted by Gasteiger charge is -2.36. The summed E-state index contributed by atoms with van der Waals surface area (Å²) >= 11 is 0. The van der Waals surface area contributed by atoms with Gasteiger partial charge in [-0.25, -0.2) is 4.39 Å². The number of amides is 2. The minimum absolute atomic E-state index is 0.0180. The molecule has 2 aliphatic heterocycles. The second-order valence-corrected chi connectivity index (χ2v) is 11.8. The van der Waals surface area contributed by atoms with Crippen molar-refractivity contribution in [2.75, 3.05) is 37.7 Å². The first-order valence-corrected chi connectivity index (χ1v) is 14.2. The molecule has 3 aliphatic rings. The number of aliphatic hydroxyl groups is 1. The first-order chi connectivity index (χ1) is 19.2. The monoisotopic (exact) mass is 550 g/mol. The maximum atomic E-state index is 13.4. The van der Waals surface area contributed by atoms with Gasteiger partial charge in [-0.15, -0.1) is 0 Å². The summed E-state index contributed by atoms with van der Waals surface area (Å²) in [6.07, 6.45) is 3.57. The molecular formula is C31H39FN4O4. The van der Waals surface area contributed by atoms with E-state index in [1.54, 1.807) is 13.8 Å². The number of anilines is 1. The number of nitrogens with one attached hydrogen (secondary N) is 1. The zero-order valence-electron chi connectivity index (χ0n) is 23.4. The van der Waals surface area contributed by atoms with Gasteiger partial charge >= 0.3 is 0 Å². The summed E-state index contributed by atoms with van der Waals surface area (Å²) < 4.78 is 18.9. The largest absolute Gasteiger partial charge is 0.389 e. The molecule has 2 N–H and O–H groups in total. The minimum Gasteiger partial charge on any atom is -0.389 e. The molecule has 2 aromatic carbocycles. The van der Waals surface area contributed by atoms with Gasteiger partial charge in [0.15, 0.2) is 0 Å². The molecule has 1 saturated heterocycles. The van der Waals surface area contributed by atoms with Crippen molar-refractivity contribution in [1.82, 2.24) is 10.2 Å². The molecule has 1 saturated carbocycles. The molecule has 8 nitrogen and oxygen atoms in total. The number of benzene rings is 2. The third-order valence-corrected chi connectivity index (χ3v) is 8.00. The van der Waals surface area contributed by atoms with E-state index in [2.05, 4.69) is 38.3 Å². The summed E-state index contributed by atoms with van der Waals surface area (Å²) in [6.45, 7) is 7.70. The maximum Gasteiger partial charge on any atom is 0.278 e. The Hall–Kier alpha value is -3.14. The van der Waals surface area contributed by atoms with Crippen molar-refractivity contribution in [3.8, 4) is 0 Å². The maximum absolute atomic E-state index is 13.4. The van der Waals surface area contributed by atoms with Gasteiger partial charge in [-0.2, -0.15) is 4.99 Å². The van der Waals surface area contributed by atoms with Crippen LogP contribution in [0.15, 0.2) is 47.5 Å². The molecule has 0 aromatic heterocycles. The van der Waals surface area contributed by atoms with Crippen molar-refractivity contribution >= 4 is 23.3 Å². The van der Waals surface area contributed by atoms with Gasteiger partial charge in [0, 0.05) is 55.8 Å². The van der Waals surface area contributed by atoms with Gasteiger partial charge in [0.2, 0.25) is 5.91 Å². The molecule has 2 fully saturated rings. The van der Waals surface area contributed by atoms with E-state index in [1.807, 2.05) is 0 Å². The van der Waals surface area contributed by atoms with Crippen molar-refractivity contribution in [2.24, 2.45) is 10.9 Å². The molecule has 2 heterocycles. The molecule has 214 valence electrons. The minimum atomic E-state index is -0.951. The van der Waals surface area contributed by atoms with Crippen LogP contribution in [0.3, 0.4) is 0 Å². The summed E-state index contributed by atoms with van der Waals surface area (Å²) in [6, 6.07) is 12.1. The van der Waals surface area contributed by atoms with E-state index >= 15 is 0 Å². The van der Waals surface area contributed by atoms with Gasteiger partial charge < -0.3 is 20.1 Å². The van der Waals surface area contributed by atoms with Crippen molar-refractivity contribution in [1.29, 1.82) is 0 Å². The Labute approximate surface area is 235 Å². The highest BCUT2D eigenvalue weighted by molar-refractivity contribution is 6.12. The van der Waals surface area contributed by atoms with Crippen LogP contribution in [0, 0.1) is 11.7 Å². The number of hydrogen-bond donors (Lipinski definition) is 2. The summed E-state index contributed by atoms with van der Waals surface area (Å²) in [4.78, 5) is 35.0. The average Bonchev–Trinajstić information content (AvgIpc) is 3.29. The fourth-order valence-corrected chi connectivity index (χ4v) is 5.81. The highest BCUT2D eigenvalue weighted by Gasteiger charge is 2.36. The fourth-order valence-electron chi connectivity index (χ4n) is 5.81. The summed E-state index contributed by atoms with van der Waals surface area (Å²) in [5, 5.41) is 12.9. The molecule has 0 atom stereocenters. The van der Waals surface area contributed by atoms with Crippen LogP contribution in [0.25, 0.3) is 0 Å². The van der Waals surface area contributed by atoms with Gasteiger partial charge in [-0.05, 0) is 81.0 Å². The number of ether oxygens (including phenoxy) is 1. The Balaban J connectivity index is 1.36. The van der Waals surface area contributed by atoms with E-state index < -0.39 is 11.4 Å². The van der Waals surface area contributed by atoms with Crippen LogP contribution in [-0.2, 0) is 22.5 Å². The molecule has 0 radical (unpaired) electrons. The molecule has 0 bridgehead atoms. The van der Waals surface area contributed by atoms with Crippen molar-refractivity contribution in [2.45, 2.75) is 64.1 Å². The molecule has 40 heavy (non-hydrogen) atoms. The van der Waals surface area contributed by atoms with Crippen LogP contribution in [-0.4, -0.2) is 72.1 Å². The van der Waals surface area contributed by atoms with Crippen LogP contribution in [0.2, 0.25) is 0 Å². The quantitative estimate of drug-likeness (QED) is 0.546. The van der Waals surface area contributed by atoms with Gasteiger partial charge in [0.05, 0.1) is 18.8 Å².